The van der Waals surface area contributed by atoms with E-state index in [1.807, 2.05) is 65.6 Å². The van der Waals surface area contributed by atoms with Crippen LogP contribution in [0.2, 0.25) is 0 Å². The van der Waals surface area contributed by atoms with Gasteiger partial charge in [-0.2, -0.15) is 0 Å². The number of carbonyl (C=O) groups is 2. The Labute approximate surface area is 243 Å². The van der Waals surface area contributed by atoms with Crippen LogP contribution in [0, 0.1) is 17.0 Å². The van der Waals surface area contributed by atoms with Gasteiger partial charge >= 0.3 is 0 Å². The Morgan fingerprint density at radius 2 is 1.62 bits per heavy atom. The van der Waals surface area contributed by atoms with Gasteiger partial charge in [-0.1, -0.05) is 36.4 Å². The summed E-state index contributed by atoms with van der Waals surface area (Å²) in [6.45, 7) is 4.49. The number of nitrogens with one attached hydrogen (secondary N) is 1. The predicted octanol–water partition coefficient (Wildman–Crippen LogP) is 6.18. The summed E-state index contributed by atoms with van der Waals surface area (Å²) in [5, 5.41) is 14.3. The van der Waals surface area contributed by atoms with E-state index < -0.39 is 4.92 Å². The standard InChI is InChI=1S/C33H30N4O5/c1-24-7-15-29(30(23-24)37(40)41)31-16-13-28(42-31)14-17-32(38)34-26-9-11-27(12-10-26)35-19-21-36(22-20-35)33(39)18-8-25-5-3-2-4-6-25/h2-18,23H,19-22H2,1H3,(H,34,38)/b17-14+,18-8+. The highest BCUT2D eigenvalue weighted by molar-refractivity contribution is 6.01. The van der Waals surface area contributed by atoms with E-state index in [0.29, 0.717) is 35.9 Å². The van der Waals surface area contributed by atoms with Gasteiger partial charge in [0.05, 0.1) is 10.5 Å². The fraction of sp³-hybridized carbons (Fsp3) is 0.152. The lowest BCUT2D eigenvalue weighted by atomic mass is 10.1. The first kappa shape index (κ1) is 28.1. The molecule has 3 aromatic carbocycles. The van der Waals surface area contributed by atoms with Gasteiger partial charge in [0, 0.05) is 55.8 Å². The summed E-state index contributed by atoms with van der Waals surface area (Å²) in [5.74, 6) is 0.425. The van der Waals surface area contributed by atoms with Crippen LogP contribution in [0.1, 0.15) is 16.9 Å². The van der Waals surface area contributed by atoms with Crippen molar-refractivity contribution >= 4 is 41.0 Å². The number of benzene rings is 3. The van der Waals surface area contributed by atoms with Crippen LogP contribution in [0.5, 0.6) is 0 Å². The molecule has 0 aliphatic carbocycles. The Bertz CT molecular complexity index is 1630. The number of hydrogen-bond acceptors (Lipinski definition) is 6. The first-order chi connectivity index (χ1) is 20.4. The molecule has 2 heterocycles. The maximum Gasteiger partial charge on any atom is 0.280 e. The molecule has 9 heteroatoms. The molecule has 5 rings (SSSR count). The molecule has 1 fully saturated rings. The van der Waals surface area contributed by atoms with E-state index in [9.17, 15) is 19.7 Å². The fourth-order valence-electron chi connectivity index (χ4n) is 4.71. The number of rotatable bonds is 8. The van der Waals surface area contributed by atoms with Crippen molar-refractivity contribution in [3.63, 3.8) is 0 Å². The lowest BCUT2D eigenvalue weighted by molar-refractivity contribution is -0.384. The van der Waals surface area contributed by atoms with E-state index in [1.165, 1.54) is 18.2 Å². The molecule has 212 valence electrons. The van der Waals surface area contributed by atoms with Gasteiger partial charge in [0.15, 0.2) is 0 Å². The number of nitro groups is 1. The molecule has 0 radical (unpaired) electrons. The van der Waals surface area contributed by atoms with E-state index in [1.54, 1.807) is 37.3 Å². The largest absolute Gasteiger partial charge is 0.456 e. The van der Waals surface area contributed by atoms with E-state index in [0.717, 1.165) is 29.9 Å². The number of carbonyl (C=O) groups excluding carboxylic acids is 2. The summed E-state index contributed by atoms with van der Waals surface area (Å²) >= 11 is 0. The third-order valence-electron chi connectivity index (χ3n) is 6.95. The van der Waals surface area contributed by atoms with Crippen molar-refractivity contribution in [1.82, 2.24) is 4.90 Å². The second kappa shape index (κ2) is 12.8. The minimum atomic E-state index is -0.439. The van der Waals surface area contributed by atoms with Gasteiger partial charge < -0.3 is 19.5 Å². The van der Waals surface area contributed by atoms with Gasteiger partial charge in [-0.05, 0) is 72.7 Å². The quantitative estimate of drug-likeness (QED) is 0.156. The van der Waals surface area contributed by atoms with Gasteiger partial charge in [0.2, 0.25) is 11.8 Å². The van der Waals surface area contributed by atoms with Crippen LogP contribution in [0.25, 0.3) is 23.5 Å². The number of nitrogens with zero attached hydrogens (tertiary/aromatic N) is 3. The molecule has 0 spiro atoms. The summed E-state index contributed by atoms with van der Waals surface area (Å²) in [7, 11) is 0. The molecule has 4 aromatic rings. The van der Waals surface area contributed by atoms with Gasteiger partial charge in [-0.3, -0.25) is 19.7 Å². The van der Waals surface area contributed by atoms with Gasteiger partial charge in [-0.25, -0.2) is 0 Å². The number of amides is 2. The average molecular weight is 563 g/mol. The fourth-order valence-corrected chi connectivity index (χ4v) is 4.71. The molecule has 42 heavy (non-hydrogen) atoms. The Morgan fingerprint density at radius 1 is 0.881 bits per heavy atom. The zero-order valence-electron chi connectivity index (χ0n) is 23.1. The van der Waals surface area contributed by atoms with Crippen LogP contribution < -0.4 is 10.2 Å². The van der Waals surface area contributed by atoms with Gasteiger partial charge in [0.25, 0.3) is 5.69 Å². The third kappa shape index (κ3) is 7.00. The first-order valence-corrected chi connectivity index (χ1v) is 13.6. The molecule has 1 aliphatic heterocycles. The zero-order valence-corrected chi connectivity index (χ0v) is 23.1. The van der Waals surface area contributed by atoms with Crippen LogP contribution in [-0.2, 0) is 9.59 Å². The molecule has 0 atom stereocenters. The summed E-state index contributed by atoms with van der Waals surface area (Å²) < 4.78 is 5.73. The number of hydrogen-bond donors (Lipinski definition) is 1. The Balaban J connectivity index is 1.12. The molecule has 1 aliphatic rings. The van der Waals surface area contributed by atoms with Crippen LogP contribution in [0.3, 0.4) is 0 Å². The summed E-state index contributed by atoms with van der Waals surface area (Å²) in [4.78, 5) is 40.1. The van der Waals surface area contributed by atoms with Crippen molar-refractivity contribution in [2.75, 3.05) is 36.4 Å². The highest BCUT2D eigenvalue weighted by atomic mass is 16.6. The highest BCUT2D eigenvalue weighted by Gasteiger charge is 2.20. The summed E-state index contributed by atoms with van der Waals surface area (Å²) in [6.07, 6.45) is 6.33. The van der Waals surface area contributed by atoms with Crippen molar-refractivity contribution in [1.29, 1.82) is 0 Å². The maximum atomic E-state index is 12.6. The van der Waals surface area contributed by atoms with Crippen LogP contribution >= 0.6 is 0 Å². The Morgan fingerprint density at radius 3 is 2.33 bits per heavy atom. The van der Waals surface area contributed by atoms with E-state index >= 15 is 0 Å². The molecular weight excluding hydrogens is 532 g/mol. The highest BCUT2D eigenvalue weighted by Crippen LogP contribution is 2.32. The molecular formula is C33H30N4O5. The van der Waals surface area contributed by atoms with Crippen molar-refractivity contribution in [3.8, 4) is 11.3 Å². The van der Waals surface area contributed by atoms with Crippen molar-refractivity contribution in [3.05, 3.63) is 124 Å². The summed E-state index contributed by atoms with van der Waals surface area (Å²) in [5.41, 5.74) is 3.78. The lowest BCUT2D eigenvalue weighted by Crippen LogP contribution is -2.48. The normalized spacial score (nSPS) is 13.5. The maximum absolute atomic E-state index is 12.6. The van der Waals surface area contributed by atoms with Crippen LogP contribution in [0.4, 0.5) is 17.1 Å². The van der Waals surface area contributed by atoms with Gasteiger partial charge in [-0.15, -0.1) is 0 Å². The monoisotopic (exact) mass is 562 g/mol. The number of piperazine rings is 1. The second-order valence-electron chi connectivity index (χ2n) is 9.91. The van der Waals surface area contributed by atoms with E-state index in [-0.39, 0.29) is 17.5 Å². The second-order valence-corrected chi connectivity index (χ2v) is 9.91. The predicted molar refractivity (Wildman–Crippen MR) is 164 cm³/mol. The van der Waals surface area contributed by atoms with Crippen LogP contribution in [-0.4, -0.2) is 47.8 Å². The zero-order chi connectivity index (χ0) is 29.5. The number of anilines is 2. The molecule has 2 amide bonds. The van der Waals surface area contributed by atoms with E-state index in [2.05, 4.69) is 10.2 Å². The van der Waals surface area contributed by atoms with E-state index in [4.69, 9.17) is 4.42 Å². The number of nitro benzene ring substituents is 1. The minimum absolute atomic E-state index is 0.00635. The number of aryl methyl sites for hydroxylation is 1. The number of furan rings is 1. The molecule has 1 saturated heterocycles. The minimum Gasteiger partial charge on any atom is -0.456 e. The van der Waals surface area contributed by atoms with Crippen molar-refractivity contribution in [2.24, 2.45) is 0 Å². The first-order valence-electron chi connectivity index (χ1n) is 13.6. The van der Waals surface area contributed by atoms with Crippen molar-refractivity contribution in [2.45, 2.75) is 6.92 Å². The Hall–Kier alpha value is -5.44. The molecule has 9 nitrogen and oxygen atoms in total. The average Bonchev–Trinajstić information content (AvgIpc) is 3.49. The topological polar surface area (TPSA) is 109 Å². The van der Waals surface area contributed by atoms with Crippen LogP contribution in [0.15, 0.2) is 101 Å². The molecule has 0 saturated carbocycles. The smallest absolute Gasteiger partial charge is 0.280 e. The lowest BCUT2D eigenvalue weighted by Gasteiger charge is -2.35. The van der Waals surface area contributed by atoms with Gasteiger partial charge in [0.1, 0.15) is 11.5 Å². The molecule has 0 unspecified atom stereocenters. The summed E-state index contributed by atoms with van der Waals surface area (Å²) in [6, 6.07) is 25.5. The van der Waals surface area contributed by atoms with Crippen molar-refractivity contribution < 1.29 is 18.9 Å². The SMILES string of the molecule is Cc1ccc(-c2ccc(/C=C/C(=O)Nc3ccc(N4CCN(C(=O)/C=C/c5ccccc5)CC4)cc3)o2)c([N+](=O)[O-])c1. The molecule has 1 N–H and O–H groups in total. The Kier molecular flexibility index (Phi) is 8.58. The molecule has 0 bridgehead atoms. The molecule has 1 aromatic heterocycles. The third-order valence-corrected chi connectivity index (χ3v) is 6.95.